The van der Waals surface area contributed by atoms with E-state index in [1.54, 1.807) is 0 Å². The van der Waals surface area contributed by atoms with Gasteiger partial charge < -0.3 is 9.88 Å². The minimum absolute atomic E-state index is 0.169. The van der Waals surface area contributed by atoms with Crippen molar-refractivity contribution in [3.05, 3.63) is 71.6 Å². The summed E-state index contributed by atoms with van der Waals surface area (Å²) in [6.45, 7) is 0. The lowest BCUT2D eigenvalue weighted by Gasteiger charge is -2.25. The number of carbonyl (C=O) groups is 1. The molecule has 1 unspecified atom stereocenters. The zero-order chi connectivity index (χ0) is 14.0. The standard InChI is InChI=1S/C18H12N2O/c21-18-13-6-2-4-8-15(13)20-10-9-12-11-5-1-3-7-14(11)19-16(12)17(18)20/h1-10,17,19H. The summed E-state index contributed by atoms with van der Waals surface area (Å²) >= 11 is 0. The number of carbonyl (C=O) groups excluding carboxylic acids is 1. The summed E-state index contributed by atoms with van der Waals surface area (Å²) in [4.78, 5) is 18.3. The average molecular weight is 272 g/mol. The third kappa shape index (κ3) is 1.26. The van der Waals surface area contributed by atoms with E-state index >= 15 is 0 Å². The van der Waals surface area contributed by atoms with Gasteiger partial charge in [-0.15, -0.1) is 0 Å². The van der Waals surface area contributed by atoms with E-state index in [1.165, 1.54) is 5.39 Å². The fourth-order valence-electron chi connectivity index (χ4n) is 3.49. The summed E-state index contributed by atoms with van der Waals surface area (Å²) in [5, 5.41) is 1.17. The van der Waals surface area contributed by atoms with Gasteiger partial charge in [0.05, 0.1) is 11.4 Å². The minimum Gasteiger partial charge on any atom is -0.356 e. The molecule has 0 spiro atoms. The average Bonchev–Trinajstić information content (AvgIpc) is 3.04. The Morgan fingerprint density at radius 3 is 2.76 bits per heavy atom. The van der Waals surface area contributed by atoms with Crippen LogP contribution in [0.4, 0.5) is 5.69 Å². The molecule has 1 atom stereocenters. The number of rotatable bonds is 0. The lowest BCUT2D eigenvalue weighted by Crippen LogP contribution is -2.25. The van der Waals surface area contributed by atoms with Crippen LogP contribution in [0.3, 0.4) is 0 Å². The van der Waals surface area contributed by atoms with Crippen LogP contribution in [0, 0.1) is 0 Å². The number of benzene rings is 2. The van der Waals surface area contributed by atoms with Gasteiger partial charge in [-0.25, -0.2) is 0 Å². The van der Waals surface area contributed by atoms with Crippen LogP contribution < -0.4 is 4.90 Å². The topological polar surface area (TPSA) is 36.1 Å². The van der Waals surface area contributed by atoms with Gasteiger partial charge in [-0.05, 0) is 24.3 Å². The summed E-state index contributed by atoms with van der Waals surface area (Å²) < 4.78 is 0. The van der Waals surface area contributed by atoms with Crippen molar-refractivity contribution in [2.24, 2.45) is 0 Å². The lowest BCUT2D eigenvalue weighted by molar-refractivity contribution is 0.0972. The van der Waals surface area contributed by atoms with E-state index < -0.39 is 0 Å². The number of Topliss-reactive ketones (excluding diaryl/α,β-unsaturated/α-hetero) is 1. The molecule has 21 heavy (non-hydrogen) atoms. The quantitative estimate of drug-likeness (QED) is 0.674. The van der Waals surface area contributed by atoms with E-state index in [2.05, 4.69) is 28.1 Å². The minimum atomic E-state index is -0.255. The van der Waals surface area contributed by atoms with E-state index in [0.29, 0.717) is 0 Å². The number of anilines is 1. The number of nitrogens with zero attached hydrogens (tertiary/aromatic N) is 1. The highest BCUT2D eigenvalue weighted by Gasteiger charge is 2.40. The third-order valence-electron chi connectivity index (χ3n) is 4.43. The first-order chi connectivity index (χ1) is 10.3. The summed E-state index contributed by atoms with van der Waals surface area (Å²) in [7, 11) is 0. The summed E-state index contributed by atoms with van der Waals surface area (Å²) in [6, 6.07) is 15.7. The SMILES string of the molecule is O=C1c2ccccc2N2C=Cc3c([nH]c4ccccc34)C12. The van der Waals surface area contributed by atoms with E-state index in [9.17, 15) is 4.79 Å². The Bertz CT molecular complexity index is 935. The van der Waals surface area contributed by atoms with E-state index in [0.717, 1.165) is 28.0 Å². The second-order valence-electron chi connectivity index (χ2n) is 5.50. The van der Waals surface area contributed by atoms with Gasteiger partial charge in [0, 0.05) is 28.2 Å². The highest BCUT2D eigenvalue weighted by Crippen LogP contribution is 2.45. The first kappa shape index (κ1) is 10.9. The molecule has 0 bridgehead atoms. The van der Waals surface area contributed by atoms with Crippen molar-refractivity contribution >= 4 is 28.4 Å². The lowest BCUT2D eigenvalue weighted by atomic mass is 9.99. The Morgan fingerprint density at radius 2 is 1.81 bits per heavy atom. The van der Waals surface area contributed by atoms with Crippen molar-refractivity contribution in [1.82, 2.24) is 4.98 Å². The number of H-pyrrole nitrogens is 1. The summed E-state index contributed by atoms with van der Waals surface area (Å²) in [5.41, 5.74) is 5.01. The van der Waals surface area contributed by atoms with Crippen molar-refractivity contribution in [3.8, 4) is 0 Å². The predicted molar refractivity (Wildman–Crippen MR) is 83.3 cm³/mol. The molecule has 0 radical (unpaired) electrons. The van der Waals surface area contributed by atoms with Crippen molar-refractivity contribution in [2.75, 3.05) is 4.90 Å². The number of fused-ring (bicyclic) bond motifs is 7. The molecule has 2 aromatic carbocycles. The van der Waals surface area contributed by atoms with Gasteiger partial charge >= 0.3 is 0 Å². The first-order valence-corrected chi connectivity index (χ1v) is 7.05. The molecule has 2 aliphatic rings. The number of para-hydroxylation sites is 2. The molecule has 3 heterocycles. The molecule has 1 aromatic heterocycles. The Morgan fingerprint density at radius 1 is 1.00 bits per heavy atom. The molecule has 0 saturated carbocycles. The normalized spacial score (nSPS) is 18.8. The van der Waals surface area contributed by atoms with Gasteiger partial charge in [-0.3, -0.25) is 4.79 Å². The van der Waals surface area contributed by atoms with Crippen LogP contribution in [0.2, 0.25) is 0 Å². The van der Waals surface area contributed by atoms with Crippen molar-refractivity contribution < 1.29 is 4.79 Å². The van der Waals surface area contributed by atoms with E-state index in [-0.39, 0.29) is 11.8 Å². The van der Waals surface area contributed by atoms with Crippen LogP contribution in [0.5, 0.6) is 0 Å². The van der Waals surface area contributed by atoms with Gasteiger partial charge in [-0.2, -0.15) is 0 Å². The Hall–Kier alpha value is -2.81. The van der Waals surface area contributed by atoms with E-state index in [4.69, 9.17) is 0 Å². The maximum atomic E-state index is 12.8. The molecule has 100 valence electrons. The van der Waals surface area contributed by atoms with Crippen molar-refractivity contribution in [3.63, 3.8) is 0 Å². The van der Waals surface area contributed by atoms with Gasteiger partial charge in [-0.1, -0.05) is 30.3 Å². The number of hydrogen-bond donors (Lipinski definition) is 1. The molecular formula is C18H12N2O. The molecule has 5 rings (SSSR count). The molecule has 0 fully saturated rings. The summed E-state index contributed by atoms with van der Waals surface area (Å²) in [5.74, 6) is 0.169. The van der Waals surface area contributed by atoms with E-state index in [1.807, 2.05) is 42.6 Å². The Labute approximate surface area is 121 Å². The number of hydrogen-bond acceptors (Lipinski definition) is 2. The van der Waals surface area contributed by atoms with Crippen LogP contribution in [0.25, 0.3) is 17.0 Å². The summed E-state index contributed by atoms with van der Waals surface area (Å²) in [6.07, 6.45) is 4.12. The predicted octanol–water partition coefficient (Wildman–Crippen LogP) is 3.90. The zero-order valence-corrected chi connectivity index (χ0v) is 11.2. The number of ketones is 1. The molecule has 3 heteroatoms. The molecule has 3 aromatic rings. The van der Waals surface area contributed by atoms with Crippen molar-refractivity contribution in [1.29, 1.82) is 0 Å². The van der Waals surface area contributed by atoms with Crippen LogP contribution in [-0.4, -0.2) is 10.8 Å². The van der Waals surface area contributed by atoms with Crippen molar-refractivity contribution in [2.45, 2.75) is 6.04 Å². The molecule has 2 aliphatic heterocycles. The second kappa shape index (κ2) is 3.64. The second-order valence-corrected chi connectivity index (χ2v) is 5.50. The highest BCUT2D eigenvalue weighted by molar-refractivity contribution is 6.13. The van der Waals surface area contributed by atoms with Crippen LogP contribution in [-0.2, 0) is 0 Å². The fraction of sp³-hybridized carbons (Fsp3) is 0.0556. The maximum absolute atomic E-state index is 12.8. The number of aromatic nitrogens is 1. The molecule has 1 N–H and O–H groups in total. The largest absolute Gasteiger partial charge is 0.356 e. The Balaban J connectivity index is 1.80. The van der Waals surface area contributed by atoms with Gasteiger partial charge in [0.2, 0.25) is 0 Å². The van der Waals surface area contributed by atoms with Crippen LogP contribution in [0.15, 0.2) is 54.7 Å². The Kier molecular flexibility index (Phi) is 1.89. The zero-order valence-electron chi connectivity index (χ0n) is 11.2. The molecule has 3 nitrogen and oxygen atoms in total. The number of nitrogens with one attached hydrogen (secondary N) is 1. The monoisotopic (exact) mass is 272 g/mol. The van der Waals surface area contributed by atoms with Crippen LogP contribution >= 0.6 is 0 Å². The molecule has 0 saturated heterocycles. The van der Waals surface area contributed by atoms with Gasteiger partial charge in [0.1, 0.15) is 6.04 Å². The smallest absolute Gasteiger partial charge is 0.193 e. The highest BCUT2D eigenvalue weighted by atomic mass is 16.1. The van der Waals surface area contributed by atoms with Gasteiger partial charge in [0.15, 0.2) is 5.78 Å². The van der Waals surface area contributed by atoms with Crippen LogP contribution in [0.1, 0.15) is 27.7 Å². The van der Waals surface area contributed by atoms with Gasteiger partial charge in [0.25, 0.3) is 0 Å². The molecule has 0 aliphatic carbocycles. The fourth-order valence-corrected chi connectivity index (χ4v) is 3.49. The third-order valence-corrected chi connectivity index (χ3v) is 4.43. The molecular weight excluding hydrogens is 260 g/mol. The molecule has 0 amide bonds. The maximum Gasteiger partial charge on any atom is 0.193 e. The number of aromatic amines is 1. The first-order valence-electron chi connectivity index (χ1n) is 7.05.